The highest BCUT2D eigenvalue weighted by molar-refractivity contribution is 9.10. The highest BCUT2D eigenvalue weighted by atomic mass is 79.9. The summed E-state index contributed by atoms with van der Waals surface area (Å²) in [6, 6.07) is 5.49. The summed E-state index contributed by atoms with van der Waals surface area (Å²) in [4.78, 5) is 21.9. The minimum Gasteiger partial charge on any atom is -0.496 e. The normalized spacial score (nSPS) is 10.6. The number of carboxylic acid groups (broad SMARTS) is 1. The molecule has 0 atom stereocenters. The van der Waals surface area contributed by atoms with E-state index in [1.165, 1.54) is 6.21 Å². The number of hydrogen-bond donors (Lipinski definition) is 2. The lowest BCUT2D eigenvalue weighted by atomic mass is 10.1. The number of unbranched alkanes of at least 4 members (excludes halogenated alkanes) is 2. The molecule has 1 aromatic rings. The van der Waals surface area contributed by atoms with E-state index in [9.17, 15) is 9.59 Å². The van der Waals surface area contributed by atoms with Crippen LogP contribution in [0, 0.1) is 0 Å². The minimum absolute atomic E-state index is 0.141. The molecule has 0 aliphatic heterocycles. The molecule has 0 aromatic heterocycles. The van der Waals surface area contributed by atoms with Gasteiger partial charge in [0.2, 0.25) is 5.91 Å². The number of hydrogen-bond acceptors (Lipinski definition) is 4. The number of nitrogens with one attached hydrogen (secondary N) is 1. The first-order valence-electron chi connectivity index (χ1n) is 6.90. The monoisotopic (exact) mass is 370 g/mol. The Labute approximate surface area is 137 Å². The molecule has 0 saturated carbocycles. The summed E-state index contributed by atoms with van der Waals surface area (Å²) >= 11 is 3.36. The molecular weight excluding hydrogens is 352 g/mol. The fourth-order valence-corrected chi connectivity index (χ4v) is 2.15. The van der Waals surface area contributed by atoms with Gasteiger partial charge in [0.05, 0.1) is 13.3 Å². The summed E-state index contributed by atoms with van der Waals surface area (Å²) in [5, 5.41) is 12.4. The predicted octanol–water partition coefficient (Wildman–Crippen LogP) is 2.94. The second-order valence-electron chi connectivity index (χ2n) is 4.63. The Morgan fingerprint density at radius 3 is 2.73 bits per heavy atom. The van der Waals surface area contributed by atoms with Crippen molar-refractivity contribution in [3.05, 3.63) is 28.2 Å². The first-order chi connectivity index (χ1) is 10.5. The van der Waals surface area contributed by atoms with Crippen LogP contribution in [0.5, 0.6) is 5.75 Å². The Balaban J connectivity index is 2.34. The fourth-order valence-electron chi connectivity index (χ4n) is 1.77. The summed E-state index contributed by atoms with van der Waals surface area (Å²) in [7, 11) is 1.57. The molecular formula is C15H19BrN2O4. The summed E-state index contributed by atoms with van der Waals surface area (Å²) in [5.41, 5.74) is 3.19. The number of methoxy groups -OCH3 is 1. The van der Waals surface area contributed by atoms with Crippen molar-refractivity contribution in [1.29, 1.82) is 0 Å². The molecule has 120 valence electrons. The standard InChI is InChI=1S/C15H19BrN2O4/c1-22-13-8-7-12(16)9-11(13)10-17-18-14(19)5-3-2-4-6-15(20)21/h7-10H,2-6H2,1H3,(H,18,19)(H,20,21)/b17-10+. The number of halogens is 1. The molecule has 0 unspecified atom stereocenters. The van der Waals surface area contributed by atoms with Gasteiger partial charge in [0.15, 0.2) is 0 Å². The van der Waals surface area contributed by atoms with E-state index >= 15 is 0 Å². The van der Waals surface area contributed by atoms with Crippen LogP contribution in [0.15, 0.2) is 27.8 Å². The van der Waals surface area contributed by atoms with Crippen molar-refractivity contribution < 1.29 is 19.4 Å². The Morgan fingerprint density at radius 1 is 1.32 bits per heavy atom. The van der Waals surface area contributed by atoms with Gasteiger partial charge in [0, 0.05) is 22.9 Å². The number of amides is 1. The van der Waals surface area contributed by atoms with Gasteiger partial charge in [-0.25, -0.2) is 5.43 Å². The van der Waals surface area contributed by atoms with Gasteiger partial charge in [0.25, 0.3) is 0 Å². The summed E-state index contributed by atoms with van der Waals surface area (Å²) < 4.78 is 6.08. The smallest absolute Gasteiger partial charge is 0.303 e. The Bertz CT molecular complexity index is 546. The second kappa shape index (κ2) is 9.94. The van der Waals surface area contributed by atoms with E-state index in [0.717, 1.165) is 10.0 Å². The number of hydrazone groups is 1. The lowest BCUT2D eigenvalue weighted by Gasteiger charge is -2.04. The average Bonchev–Trinajstić information content (AvgIpc) is 2.47. The molecule has 1 rings (SSSR count). The second-order valence-corrected chi connectivity index (χ2v) is 5.55. The third kappa shape index (κ3) is 7.21. The van der Waals surface area contributed by atoms with Crippen LogP contribution in [-0.4, -0.2) is 30.3 Å². The van der Waals surface area contributed by atoms with Crippen LogP contribution in [0.1, 0.15) is 37.7 Å². The molecule has 1 aromatic carbocycles. The summed E-state index contributed by atoms with van der Waals surface area (Å²) in [6.07, 6.45) is 3.93. The van der Waals surface area contributed by atoms with E-state index in [0.29, 0.717) is 31.4 Å². The van der Waals surface area contributed by atoms with E-state index < -0.39 is 5.97 Å². The lowest BCUT2D eigenvalue weighted by molar-refractivity contribution is -0.137. The molecule has 0 bridgehead atoms. The van der Waals surface area contributed by atoms with Gasteiger partial charge in [-0.1, -0.05) is 22.4 Å². The van der Waals surface area contributed by atoms with Crippen LogP contribution in [-0.2, 0) is 9.59 Å². The molecule has 0 spiro atoms. The number of benzene rings is 1. The van der Waals surface area contributed by atoms with Crippen LogP contribution < -0.4 is 10.2 Å². The topological polar surface area (TPSA) is 88.0 Å². The van der Waals surface area contributed by atoms with Crippen molar-refractivity contribution in [1.82, 2.24) is 5.43 Å². The zero-order valence-corrected chi connectivity index (χ0v) is 13.9. The third-order valence-electron chi connectivity index (χ3n) is 2.88. The average molecular weight is 371 g/mol. The van der Waals surface area contributed by atoms with Crippen molar-refractivity contribution in [2.45, 2.75) is 32.1 Å². The molecule has 0 saturated heterocycles. The zero-order chi connectivity index (χ0) is 16.4. The Hall–Kier alpha value is -1.89. The number of carboxylic acids is 1. The summed E-state index contributed by atoms with van der Waals surface area (Å²) in [6.45, 7) is 0. The van der Waals surface area contributed by atoms with Crippen molar-refractivity contribution in [3.8, 4) is 5.75 Å². The molecule has 2 N–H and O–H groups in total. The molecule has 0 heterocycles. The highest BCUT2D eigenvalue weighted by Crippen LogP contribution is 2.21. The van der Waals surface area contributed by atoms with Gasteiger partial charge < -0.3 is 9.84 Å². The number of aliphatic carboxylic acids is 1. The maximum absolute atomic E-state index is 11.6. The van der Waals surface area contributed by atoms with Crippen LogP contribution in [0.2, 0.25) is 0 Å². The maximum atomic E-state index is 11.6. The zero-order valence-electron chi connectivity index (χ0n) is 12.3. The number of carbonyl (C=O) groups is 2. The van der Waals surface area contributed by atoms with Crippen LogP contribution in [0.25, 0.3) is 0 Å². The van der Waals surface area contributed by atoms with Gasteiger partial charge in [-0.2, -0.15) is 5.10 Å². The molecule has 0 radical (unpaired) electrons. The van der Waals surface area contributed by atoms with E-state index in [1.54, 1.807) is 13.2 Å². The quantitative estimate of drug-likeness (QED) is 0.397. The first-order valence-corrected chi connectivity index (χ1v) is 7.69. The summed E-state index contributed by atoms with van der Waals surface area (Å²) in [5.74, 6) is -0.340. The van der Waals surface area contributed by atoms with E-state index in [1.807, 2.05) is 12.1 Å². The van der Waals surface area contributed by atoms with Crippen LogP contribution in [0.3, 0.4) is 0 Å². The van der Waals surface area contributed by atoms with Crippen LogP contribution >= 0.6 is 15.9 Å². The first kappa shape index (κ1) is 18.2. The van der Waals surface area contributed by atoms with Crippen molar-refractivity contribution in [3.63, 3.8) is 0 Å². The van der Waals surface area contributed by atoms with E-state index in [4.69, 9.17) is 9.84 Å². The highest BCUT2D eigenvalue weighted by Gasteiger charge is 2.03. The van der Waals surface area contributed by atoms with Gasteiger partial charge in [0.1, 0.15) is 5.75 Å². The maximum Gasteiger partial charge on any atom is 0.303 e. The van der Waals surface area contributed by atoms with Crippen molar-refractivity contribution >= 4 is 34.0 Å². The van der Waals surface area contributed by atoms with Gasteiger partial charge in [-0.3, -0.25) is 9.59 Å². The third-order valence-corrected chi connectivity index (χ3v) is 3.37. The molecule has 22 heavy (non-hydrogen) atoms. The molecule has 0 aliphatic rings. The van der Waals surface area contributed by atoms with E-state index in [2.05, 4.69) is 26.5 Å². The molecule has 0 aliphatic carbocycles. The van der Waals surface area contributed by atoms with Crippen LogP contribution in [0.4, 0.5) is 0 Å². The minimum atomic E-state index is -0.808. The Kier molecular flexibility index (Phi) is 8.21. The Morgan fingerprint density at radius 2 is 2.05 bits per heavy atom. The SMILES string of the molecule is COc1ccc(Br)cc1/C=N/NC(=O)CCCCCC(=O)O. The van der Waals surface area contributed by atoms with Crippen molar-refractivity contribution in [2.75, 3.05) is 7.11 Å². The van der Waals surface area contributed by atoms with Gasteiger partial charge in [-0.15, -0.1) is 0 Å². The number of nitrogens with zero attached hydrogens (tertiary/aromatic N) is 1. The number of ether oxygens (including phenoxy) is 1. The van der Waals surface area contributed by atoms with Crippen molar-refractivity contribution in [2.24, 2.45) is 5.10 Å². The molecule has 6 nitrogen and oxygen atoms in total. The molecule has 0 fully saturated rings. The fraction of sp³-hybridized carbons (Fsp3) is 0.400. The number of carbonyl (C=O) groups excluding carboxylic acids is 1. The van der Waals surface area contributed by atoms with Gasteiger partial charge in [-0.05, 0) is 31.0 Å². The van der Waals surface area contributed by atoms with E-state index in [-0.39, 0.29) is 12.3 Å². The lowest BCUT2D eigenvalue weighted by Crippen LogP contribution is -2.17. The largest absolute Gasteiger partial charge is 0.496 e. The molecule has 1 amide bonds. The molecule has 7 heteroatoms. The van der Waals surface area contributed by atoms with Gasteiger partial charge >= 0.3 is 5.97 Å². The predicted molar refractivity (Wildman–Crippen MR) is 87.2 cm³/mol. The number of rotatable bonds is 9.